The zero-order chi connectivity index (χ0) is 19.1. The van der Waals surface area contributed by atoms with E-state index < -0.39 is 0 Å². The van der Waals surface area contributed by atoms with Crippen molar-refractivity contribution in [2.24, 2.45) is 0 Å². The summed E-state index contributed by atoms with van der Waals surface area (Å²) in [6, 6.07) is 6.69. The average Bonchev–Trinajstić information content (AvgIpc) is 2.64. The molecule has 7 heteroatoms. The standard InChI is InChI=1S/C19H26ClN3O3/c1-21(2)10-9-19(26)23-13-11-22(12-14-23)18(25)8-7-17(24)15-3-5-16(20)6-4-15/h3-6H,7-14H2,1-2H3. The summed E-state index contributed by atoms with van der Waals surface area (Å²) in [5.74, 6) is 0.0314. The second-order valence-electron chi connectivity index (χ2n) is 6.74. The maximum atomic E-state index is 12.3. The average molecular weight is 380 g/mol. The lowest BCUT2D eigenvalue weighted by Crippen LogP contribution is -2.50. The minimum absolute atomic E-state index is 0.0345. The molecule has 1 aromatic rings. The third kappa shape index (κ3) is 6.11. The number of rotatable bonds is 7. The molecular weight excluding hydrogens is 354 g/mol. The minimum atomic E-state index is -0.0625. The van der Waals surface area contributed by atoms with Gasteiger partial charge in [0.05, 0.1) is 0 Å². The van der Waals surface area contributed by atoms with Gasteiger partial charge in [-0.2, -0.15) is 0 Å². The van der Waals surface area contributed by atoms with Crippen LogP contribution in [0.1, 0.15) is 29.6 Å². The number of carbonyl (C=O) groups is 3. The molecule has 0 atom stereocenters. The maximum absolute atomic E-state index is 12.3. The summed E-state index contributed by atoms with van der Waals surface area (Å²) in [6.07, 6.45) is 0.870. The van der Waals surface area contributed by atoms with Crippen LogP contribution in [0.5, 0.6) is 0 Å². The van der Waals surface area contributed by atoms with Gasteiger partial charge in [0.15, 0.2) is 5.78 Å². The van der Waals surface area contributed by atoms with Crippen molar-refractivity contribution in [3.8, 4) is 0 Å². The number of halogens is 1. The molecule has 1 fully saturated rings. The fraction of sp³-hybridized carbons (Fsp3) is 0.526. The molecule has 1 aliphatic heterocycles. The van der Waals surface area contributed by atoms with Gasteiger partial charge in [-0.1, -0.05) is 11.6 Å². The molecule has 1 heterocycles. The van der Waals surface area contributed by atoms with Crippen molar-refractivity contribution < 1.29 is 14.4 Å². The van der Waals surface area contributed by atoms with Crippen LogP contribution in [0, 0.1) is 0 Å². The topological polar surface area (TPSA) is 60.9 Å². The first-order valence-corrected chi connectivity index (χ1v) is 9.23. The lowest BCUT2D eigenvalue weighted by molar-refractivity contribution is -0.139. The summed E-state index contributed by atoms with van der Waals surface area (Å²) in [5, 5.41) is 0.579. The van der Waals surface area contributed by atoms with Crippen molar-refractivity contribution in [3.05, 3.63) is 34.9 Å². The second-order valence-corrected chi connectivity index (χ2v) is 7.18. The van der Waals surface area contributed by atoms with E-state index in [0.717, 1.165) is 6.54 Å². The van der Waals surface area contributed by atoms with Gasteiger partial charge in [-0.15, -0.1) is 0 Å². The highest BCUT2D eigenvalue weighted by atomic mass is 35.5. The first-order chi connectivity index (χ1) is 12.4. The molecule has 0 radical (unpaired) electrons. The molecule has 0 spiro atoms. The van der Waals surface area contributed by atoms with Crippen LogP contribution in [0.3, 0.4) is 0 Å². The Hall–Kier alpha value is -1.92. The Balaban J connectivity index is 1.73. The van der Waals surface area contributed by atoms with Gasteiger partial charge in [0.2, 0.25) is 11.8 Å². The van der Waals surface area contributed by atoms with Crippen molar-refractivity contribution in [3.63, 3.8) is 0 Å². The van der Waals surface area contributed by atoms with Crippen LogP contribution in [0.4, 0.5) is 0 Å². The summed E-state index contributed by atoms with van der Waals surface area (Å²) >= 11 is 5.81. The monoisotopic (exact) mass is 379 g/mol. The zero-order valence-electron chi connectivity index (χ0n) is 15.4. The van der Waals surface area contributed by atoms with E-state index >= 15 is 0 Å². The van der Waals surface area contributed by atoms with Crippen LogP contribution < -0.4 is 0 Å². The lowest BCUT2D eigenvalue weighted by Gasteiger charge is -2.35. The number of amides is 2. The van der Waals surface area contributed by atoms with E-state index in [0.29, 0.717) is 43.2 Å². The molecule has 2 rings (SSSR count). The summed E-state index contributed by atoms with van der Waals surface area (Å²) in [5.41, 5.74) is 0.568. The number of Topliss-reactive ketones (excluding diaryl/α,β-unsaturated/α-hetero) is 1. The second kappa shape index (κ2) is 9.69. The highest BCUT2D eigenvalue weighted by Crippen LogP contribution is 2.13. The Morgan fingerprint density at radius 3 is 1.88 bits per heavy atom. The fourth-order valence-corrected chi connectivity index (χ4v) is 2.97. The molecule has 2 amide bonds. The Morgan fingerprint density at radius 1 is 0.885 bits per heavy atom. The molecule has 1 saturated heterocycles. The quantitative estimate of drug-likeness (QED) is 0.679. The Morgan fingerprint density at radius 2 is 1.38 bits per heavy atom. The highest BCUT2D eigenvalue weighted by Gasteiger charge is 2.24. The number of carbonyl (C=O) groups excluding carboxylic acids is 3. The largest absolute Gasteiger partial charge is 0.339 e. The zero-order valence-corrected chi connectivity index (χ0v) is 16.2. The van der Waals surface area contributed by atoms with Gasteiger partial charge in [0.25, 0.3) is 0 Å². The smallest absolute Gasteiger partial charge is 0.223 e. The normalized spacial score (nSPS) is 14.6. The van der Waals surface area contributed by atoms with E-state index in [4.69, 9.17) is 11.6 Å². The van der Waals surface area contributed by atoms with Crippen molar-refractivity contribution in [2.75, 3.05) is 46.8 Å². The molecular formula is C19H26ClN3O3. The van der Waals surface area contributed by atoms with Gasteiger partial charge in [0, 0.05) is 62.6 Å². The molecule has 6 nitrogen and oxygen atoms in total. The van der Waals surface area contributed by atoms with Gasteiger partial charge in [0.1, 0.15) is 0 Å². The van der Waals surface area contributed by atoms with E-state index in [9.17, 15) is 14.4 Å². The Labute approximate surface area is 159 Å². The Bertz CT molecular complexity index is 638. The van der Waals surface area contributed by atoms with Gasteiger partial charge >= 0.3 is 0 Å². The molecule has 0 aromatic heterocycles. The number of nitrogens with zero attached hydrogens (tertiary/aromatic N) is 3. The fourth-order valence-electron chi connectivity index (χ4n) is 2.84. The third-order valence-electron chi connectivity index (χ3n) is 4.49. The number of hydrogen-bond donors (Lipinski definition) is 0. The molecule has 0 saturated carbocycles. The third-order valence-corrected chi connectivity index (χ3v) is 4.74. The summed E-state index contributed by atoms with van der Waals surface area (Å²) in [4.78, 5) is 42.1. The number of hydrogen-bond acceptors (Lipinski definition) is 4. The first-order valence-electron chi connectivity index (χ1n) is 8.86. The van der Waals surface area contributed by atoms with Crippen molar-refractivity contribution in [1.29, 1.82) is 0 Å². The predicted molar refractivity (Wildman–Crippen MR) is 101 cm³/mol. The molecule has 0 unspecified atom stereocenters. The molecule has 142 valence electrons. The molecule has 0 aliphatic carbocycles. The van der Waals surface area contributed by atoms with Crippen molar-refractivity contribution in [1.82, 2.24) is 14.7 Å². The summed E-state index contributed by atoms with van der Waals surface area (Å²) < 4.78 is 0. The van der Waals surface area contributed by atoms with Crippen molar-refractivity contribution in [2.45, 2.75) is 19.3 Å². The lowest BCUT2D eigenvalue weighted by atomic mass is 10.1. The van der Waals surface area contributed by atoms with Crippen LogP contribution in [-0.2, 0) is 9.59 Å². The number of benzene rings is 1. The first kappa shape index (κ1) is 20.4. The SMILES string of the molecule is CN(C)CCC(=O)N1CCN(C(=O)CCC(=O)c2ccc(Cl)cc2)CC1. The van der Waals surface area contributed by atoms with Gasteiger partial charge in [-0.25, -0.2) is 0 Å². The van der Waals surface area contributed by atoms with E-state index in [-0.39, 0.29) is 30.4 Å². The molecule has 0 N–H and O–H groups in total. The molecule has 1 aromatic carbocycles. The van der Waals surface area contributed by atoms with E-state index in [2.05, 4.69) is 0 Å². The van der Waals surface area contributed by atoms with Crippen LogP contribution in [0.2, 0.25) is 5.02 Å². The van der Waals surface area contributed by atoms with E-state index in [1.807, 2.05) is 23.9 Å². The maximum Gasteiger partial charge on any atom is 0.223 e. The van der Waals surface area contributed by atoms with Gasteiger partial charge < -0.3 is 14.7 Å². The minimum Gasteiger partial charge on any atom is -0.339 e. The van der Waals surface area contributed by atoms with Crippen molar-refractivity contribution >= 4 is 29.2 Å². The molecule has 0 bridgehead atoms. The highest BCUT2D eigenvalue weighted by molar-refractivity contribution is 6.30. The summed E-state index contributed by atoms with van der Waals surface area (Å²) in [7, 11) is 3.88. The summed E-state index contributed by atoms with van der Waals surface area (Å²) in [6.45, 7) is 2.90. The number of ketones is 1. The Kier molecular flexibility index (Phi) is 7.60. The molecule has 1 aliphatic rings. The van der Waals surface area contributed by atoms with Gasteiger partial charge in [-0.05, 0) is 38.4 Å². The van der Waals surface area contributed by atoms with Crippen LogP contribution in [-0.4, -0.2) is 79.1 Å². The van der Waals surface area contributed by atoms with Crippen LogP contribution in [0.15, 0.2) is 24.3 Å². The van der Waals surface area contributed by atoms with E-state index in [1.165, 1.54) is 0 Å². The van der Waals surface area contributed by atoms with Crippen LogP contribution >= 0.6 is 11.6 Å². The van der Waals surface area contributed by atoms with Crippen LogP contribution in [0.25, 0.3) is 0 Å². The predicted octanol–water partition coefficient (Wildman–Crippen LogP) is 1.93. The number of piperazine rings is 1. The van der Waals surface area contributed by atoms with Gasteiger partial charge in [-0.3, -0.25) is 14.4 Å². The molecule has 26 heavy (non-hydrogen) atoms. The van der Waals surface area contributed by atoms with E-state index in [1.54, 1.807) is 29.2 Å².